The van der Waals surface area contributed by atoms with Gasteiger partial charge in [0.1, 0.15) is 5.76 Å². The van der Waals surface area contributed by atoms with Crippen LogP contribution in [0, 0.1) is 6.92 Å². The van der Waals surface area contributed by atoms with E-state index in [9.17, 15) is 8.42 Å². The summed E-state index contributed by atoms with van der Waals surface area (Å²) in [5.41, 5.74) is 0. The Kier molecular flexibility index (Phi) is 2.01. The van der Waals surface area contributed by atoms with Gasteiger partial charge in [0.05, 0.1) is 7.11 Å². The van der Waals surface area contributed by atoms with Crippen LogP contribution >= 0.6 is 0 Å². The van der Waals surface area contributed by atoms with E-state index in [-0.39, 0.29) is 5.09 Å². The second kappa shape index (κ2) is 2.67. The zero-order valence-electron chi connectivity index (χ0n) is 6.20. The van der Waals surface area contributed by atoms with Crippen molar-refractivity contribution in [1.29, 1.82) is 0 Å². The first-order valence-corrected chi connectivity index (χ1v) is 4.34. The van der Waals surface area contributed by atoms with Crippen LogP contribution in [0.5, 0.6) is 0 Å². The summed E-state index contributed by atoms with van der Waals surface area (Å²) in [5.74, 6) is 0.542. The van der Waals surface area contributed by atoms with Crippen LogP contribution in [0.15, 0.2) is 21.6 Å². The van der Waals surface area contributed by atoms with Gasteiger partial charge in [0.2, 0.25) is 5.09 Å². The van der Waals surface area contributed by atoms with Crippen molar-refractivity contribution in [2.75, 3.05) is 7.11 Å². The third-order valence-electron chi connectivity index (χ3n) is 1.18. The van der Waals surface area contributed by atoms with Crippen LogP contribution in [0.1, 0.15) is 5.76 Å². The highest BCUT2D eigenvalue weighted by Crippen LogP contribution is 2.14. The molecule has 5 heteroatoms. The Morgan fingerprint density at radius 3 is 2.45 bits per heavy atom. The molecular formula is C6H8O4S. The second-order valence-electron chi connectivity index (χ2n) is 1.99. The second-order valence-corrected chi connectivity index (χ2v) is 3.63. The van der Waals surface area contributed by atoms with E-state index in [2.05, 4.69) is 4.18 Å². The molecule has 0 aliphatic carbocycles. The molecule has 1 rings (SSSR count). The summed E-state index contributed by atoms with van der Waals surface area (Å²) < 4.78 is 30.8. The molecule has 0 saturated heterocycles. The number of furan rings is 1. The van der Waals surface area contributed by atoms with E-state index in [4.69, 9.17) is 4.42 Å². The predicted molar refractivity (Wildman–Crippen MR) is 37.6 cm³/mol. The molecular weight excluding hydrogens is 168 g/mol. The van der Waals surface area contributed by atoms with Crippen LogP contribution < -0.4 is 0 Å². The van der Waals surface area contributed by atoms with Gasteiger partial charge in [-0.05, 0) is 19.1 Å². The van der Waals surface area contributed by atoms with Crippen LogP contribution in [-0.2, 0) is 14.3 Å². The summed E-state index contributed by atoms with van der Waals surface area (Å²) in [6.45, 7) is 1.66. The molecule has 0 bridgehead atoms. The van der Waals surface area contributed by atoms with Gasteiger partial charge in [-0.3, -0.25) is 4.18 Å². The fourth-order valence-electron chi connectivity index (χ4n) is 0.629. The Morgan fingerprint density at radius 1 is 1.45 bits per heavy atom. The van der Waals surface area contributed by atoms with E-state index < -0.39 is 10.1 Å². The Labute approximate surface area is 64.9 Å². The van der Waals surface area contributed by atoms with Crippen LogP contribution in [0.4, 0.5) is 0 Å². The van der Waals surface area contributed by atoms with E-state index in [0.717, 1.165) is 7.11 Å². The number of hydrogen-bond donors (Lipinski definition) is 0. The molecule has 0 radical (unpaired) electrons. The highest BCUT2D eigenvalue weighted by molar-refractivity contribution is 7.86. The van der Waals surface area contributed by atoms with E-state index in [0.29, 0.717) is 5.76 Å². The van der Waals surface area contributed by atoms with Gasteiger partial charge in [-0.25, -0.2) is 0 Å². The molecule has 1 aromatic rings. The fourth-order valence-corrected chi connectivity index (χ4v) is 1.26. The highest BCUT2D eigenvalue weighted by atomic mass is 32.2. The molecule has 62 valence electrons. The number of hydrogen-bond acceptors (Lipinski definition) is 4. The van der Waals surface area contributed by atoms with Crippen LogP contribution in [-0.4, -0.2) is 15.5 Å². The maximum Gasteiger partial charge on any atom is 0.330 e. The van der Waals surface area contributed by atoms with Crippen molar-refractivity contribution in [3.8, 4) is 0 Å². The maximum absolute atomic E-state index is 10.9. The molecule has 0 atom stereocenters. The minimum absolute atomic E-state index is 0.155. The summed E-state index contributed by atoms with van der Waals surface area (Å²) in [6.07, 6.45) is 0. The van der Waals surface area contributed by atoms with Crippen molar-refractivity contribution in [1.82, 2.24) is 0 Å². The summed E-state index contributed by atoms with van der Waals surface area (Å²) in [6, 6.07) is 2.92. The molecule has 0 aromatic carbocycles. The van der Waals surface area contributed by atoms with Crippen molar-refractivity contribution < 1.29 is 17.0 Å². The van der Waals surface area contributed by atoms with Gasteiger partial charge in [0.25, 0.3) is 0 Å². The van der Waals surface area contributed by atoms with Gasteiger partial charge >= 0.3 is 10.1 Å². The van der Waals surface area contributed by atoms with Crippen molar-refractivity contribution >= 4 is 10.1 Å². The number of rotatable bonds is 2. The first-order valence-electron chi connectivity index (χ1n) is 2.93. The predicted octanol–water partition coefficient (Wildman–Crippen LogP) is 0.923. The smallest absolute Gasteiger partial charge is 0.330 e. The molecule has 0 N–H and O–H groups in total. The van der Waals surface area contributed by atoms with Gasteiger partial charge in [0.15, 0.2) is 0 Å². The lowest BCUT2D eigenvalue weighted by Crippen LogP contribution is -2.00. The highest BCUT2D eigenvalue weighted by Gasteiger charge is 2.16. The average molecular weight is 176 g/mol. The third-order valence-corrected chi connectivity index (χ3v) is 2.33. The zero-order valence-corrected chi connectivity index (χ0v) is 7.01. The molecule has 1 aromatic heterocycles. The third kappa shape index (κ3) is 1.61. The van der Waals surface area contributed by atoms with Crippen LogP contribution in [0.25, 0.3) is 0 Å². The minimum Gasteiger partial charge on any atom is -0.448 e. The molecule has 0 aliphatic rings. The molecule has 4 nitrogen and oxygen atoms in total. The standard InChI is InChI=1S/C6H8O4S/c1-5-3-4-6(10-5)11(7,8)9-2/h3-4H,1-2H3. The van der Waals surface area contributed by atoms with Gasteiger partial charge < -0.3 is 4.42 Å². The molecule has 0 spiro atoms. The molecule has 0 unspecified atom stereocenters. The summed E-state index contributed by atoms with van der Waals surface area (Å²) >= 11 is 0. The van der Waals surface area contributed by atoms with E-state index >= 15 is 0 Å². The molecule has 11 heavy (non-hydrogen) atoms. The van der Waals surface area contributed by atoms with Crippen molar-refractivity contribution in [3.63, 3.8) is 0 Å². The van der Waals surface area contributed by atoms with Gasteiger partial charge in [-0.15, -0.1) is 0 Å². The first-order chi connectivity index (χ1) is 5.06. The van der Waals surface area contributed by atoms with Crippen LogP contribution in [0.3, 0.4) is 0 Å². The average Bonchev–Trinajstić information content (AvgIpc) is 2.36. The molecule has 0 aliphatic heterocycles. The fraction of sp³-hybridized carbons (Fsp3) is 0.333. The summed E-state index contributed by atoms with van der Waals surface area (Å²) in [5, 5.41) is -0.155. The lowest BCUT2D eigenvalue weighted by atomic mass is 10.5. The Balaban J connectivity index is 3.13. The van der Waals surface area contributed by atoms with Crippen molar-refractivity contribution in [3.05, 3.63) is 17.9 Å². The summed E-state index contributed by atoms with van der Waals surface area (Å²) in [7, 11) is -2.55. The molecule has 0 fully saturated rings. The van der Waals surface area contributed by atoms with E-state index in [1.165, 1.54) is 6.07 Å². The monoisotopic (exact) mass is 176 g/mol. The quantitative estimate of drug-likeness (QED) is 0.629. The lowest BCUT2D eigenvalue weighted by Gasteiger charge is -1.93. The molecule has 0 saturated carbocycles. The van der Waals surface area contributed by atoms with Gasteiger partial charge in [0, 0.05) is 0 Å². The Bertz CT molecular complexity index is 335. The largest absolute Gasteiger partial charge is 0.448 e. The summed E-state index contributed by atoms with van der Waals surface area (Å²) in [4.78, 5) is 0. The van der Waals surface area contributed by atoms with Gasteiger partial charge in [-0.2, -0.15) is 8.42 Å². The maximum atomic E-state index is 10.9. The topological polar surface area (TPSA) is 56.5 Å². The SMILES string of the molecule is COS(=O)(=O)c1ccc(C)o1. The van der Waals surface area contributed by atoms with E-state index in [1.54, 1.807) is 13.0 Å². The molecule has 1 heterocycles. The normalized spacial score (nSPS) is 11.8. The Morgan fingerprint density at radius 2 is 2.09 bits per heavy atom. The van der Waals surface area contributed by atoms with Crippen LogP contribution in [0.2, 0.25) is 0 Å². The zero-order chi connectivity index (χ0) is 8.48. The van der Waals surface area contributed by atoms with E-state index in [1.807, 2.05) is 0 Å². The first kappa shape index (κ1) is 8.29. The molecule has 0 amide bonds. The number of aryl methyl sites for hydroxylation is 1. The lowest BCUT2D eigenvalue weighted by molar-refractivity contribution is 0.355. The van der Waals surface area contributed by atoms with Crippen molar-refractivity contribution in [2.45, 2.75) is 12.0 Å². The Hall–Kier alpha value is -0.810. The van der Waals surface area contributed by atoms with Gasteiger partial charge in [-0.1, -0.05) is 0 Å². The van der Waals surface area contributed by atoms with Crippen molar-refractivity contribution in [2.24, 2.45) is 0 Å². The minimum atomic E-state index is -3.64.